The zero-order valence-electron chi connectivity index (χ0n) is 24.8. The molecule has 0 bridgehead atoms. The number of hydrogen-bond donors (Lipinski definition) is 0. The molecule has 0 spiro atoms. The van der Waals surface area contributed by atoms with Gasteiger partial charge in [0.15, 0.2) is 11.5 Å². The third kappa shape index (κ3) is 7.37. The highest BCUT2D eigenvalue weighted by Crippen LogP contribution is 2.39. The number of rotatable bonds is 10. The van der Waals surface area contributed by atoms with Crippen LogP contribution in [0.4, 0.5) is 0 Å². The van der Waals surface area contributed by atoms with Gasteiger partial charge in [-0.05, 0) is 76.9 Å². The van der Waals surface area contributed by atoms with Gasteiger partial charge in [-0.3, -0.25) is 0 Å². The molecule has 0 aliphatic carbocycles. The summed E-state index contributed by atoms with van der Waals surface area (Å²) in [5, 5.41) is 0. The van der Waals surface area contributed by atoms with Gasteiger partial charge in [-0.1, -0.05) is 84.0 Å². The highest BCUT2D eigenvalue weighted by molar-refractivity contribution is 7.91. The van der Waals surface area contributed by atoms with E-state index in [1.54, 1.807) is 86.6 Å². The van der Waals surface area contributed by atoms with E-state index in [2.05, 4.69) is 13.2 Å². The molecule has 0 fully saturated rings. The van der Waals surface area contributed by atoms with Crippen molar-refractivity contribution in [1.29, 1.82) is 0 Å². The van der Waals surface area contributed by atoms with E-state index < -0.39 is 21.8 Å². The Bertz CT molecular complexity index is 1690. The first kappa shape index (κ1) is 31.2. The van der Waals surface area contributed by atoms with Gasteiger partial charge in [-0.25, -0.2) is 18.0 Å². The second kappa shape index (κ2) is 13.0. The summed E-state index contributed by atoms with van der Waals surface area (Å²) in [6.07, 6.45) is 0.565. The standard InChI is InChI=1S/C36H34O6S/c1-23(2)21-29-9-7-11-31(33(29)41-35(37)27-17-13-25(5)14-18-27)43(39,40)32-12-8-10-30(22-24(3)4)34(32)42-36(38)28-19-15-26(6)16-20-28/h7-20H,1,3,21-22H2,2,4-6H3. The molecule has 0 unspecified atom stereocenters. The Morgan fingerprint density at radius 1 is 0.605 bits per heavy atom. The number of esters is 2. The van der Waals surface area contributed by atoms with Crippen molar-refractivity contribution in [2.45, 2.75) is 50.3 Å². The molecule has 0 aliphatic rings. The molecule has 0 saturated heterocycles. The zero-order valence-corrected chi connectivity index (χ0v) is 25.6. The van der Waals surface area contributed by atoms with Crippen LogP contribution in [-0.4, -0.2) is 20.4 Å². The van der Waals surface area contributed by atoms with E-state index in [0.29, 0.717) is 11.1 Å². The van der Waals surface area contributed by atoms with Gasteiger partial charge in [0, 0.05) is 11.1 Å². The first-order chi connectivity index (χ1) is 20.4. The molecule has 0 radical (unpaired) electrons. The Hall–Kier alpha value is -4.75. The van der Waals surface area contributed by atoms with Gasteiger partial charge in [0.2, 0.25) is 9.84 Å². The lowest BCUT2D eigenvalue weighted by Gasteiger charge is -2.18. The smallest absolute Gasteiger partial charge is 0.343 e. The van der Waals surface area contributed by atoms with Crippen LogP contribution in [0.25, 0.3) is 0 Å². The molecule has 4 aromatic carbocycles. The van der Waals surface area contributed by atoms with Crippen LogP contribution < -0.4 is 9.47 Å². The Labute approximate surface area is 253 Å². The number of ether oxygens (including phenoxy) is 2. The summed E-state index contributed by atoms with van der Waals surface area (Å²) in [6, 6.07) is 22.9. The quantitative estimate of drug-likeness (QED) is 0.106. The van der Waals surface area contributed by atoms with Gasteiger partial charge < -0.3 is 9.47 Å². The largest absolute Gasteiger partial charge is 0.421 e. The first-order valence-corrected chi connectivity index (χ1v) is 15.2. The van der Waals surface area contributed by atoms with E-state index in [-0.39, 0.29) is 45.3 Å². The molecule has 0 atom stereocenters. The van der Waals surface area contributed by atoms with Crippen molar-refractivity contribution in [3.8, 4) is 11.5 Å². The lowest BCUT2D eigenvalue weighted by molar-refractivity contribution is 0.0720. The number of para-hydroxylation sites is 2. The van der Waals surface area contributed by atoms with Crippen molar-refractivity contribution in [3.63, 3.8) is 0 Å². The molecule has 0 aromatic heterocycles. The number of allylic oxidation sites excluding steroid dienone is 2. The average Bonchev–Trinajstić information content (AvgIpc) is 2.94. The van der Waals surface area contributed by atoms with Crippen molar-refractivity contribution < 1.29 is 27.5 Å². The summed E-state index contributed by atoms with van der Waals surface area (Å²) in [4.78, 5) is 26.0. The van der Waals surface area contributed by atoms with Crippen LogP contribution in [0.5, 0.6) is 11.5 Å². The molecule has 220 valence electrons. The summed E-state index contributed by atoms with van der Waals surface area (Å²) in [5.74, 6) is -1.60. The number of benzene rings is 4. The maximum atomic E-state index is 14.4. The molecule has 4 rings (SSSR count). The molecule has 0 N–H and O–H groups in total. The average molecular weight is 595 g/mol. The second-order valence-electron chi connectivity index (χ2n) is 10.8. The molecular formula is C36H34O6S. The second-order valence-corrected chi connectivity index (χ2v) is 12.7. The SMILES string of the molecule is C=C(C)Cc1cccc(S(=O)(=O)c2cccc(CC(=C)C)c2OC(=O)c2ccc(C)cc2)c1OC(=O)c1ccc(C)cc1. The Morgan fingerprint density at radius 3 is 1.28 bits per heavy atom. The molecule has 0 aliphatic heterocycles. The molecule has 43 heavy (non-hydrogen) atoms. The van der Waals surface area contributed by atoms with Gasteiger partial charge in [-0.2, -0.15) is 0 Å². The van der Waals surface area contributed by atoms with Crippen molar-refractivity contribution in [2.24, 2.45) is 0 Å². The molecule has 0 amide bonds. The first-order valence-electron chi connectivity index (χ1n) is 13.7. The minimum atomic E-state index is -4.40. The summed E-state index contributed by atoms with van der Waals surface area (Å²) in [5.41, 5.74) is 4.92. The van der Waals surface area contributed by atoms with Gasteiger partial charge in [-0.15, -0.1) is 0 Å². The van der Waals surface area contributed by atoms with Crippen LogP contribution in [0, 0.1) is 13.8 Å². The van der Waals surface area contributed by atoms with E-state index in [4.69, 9.17) is 9.47 Å². The van der Waals surface area contributed by atoms with Crippen LogP contribution in [0.1, 0.15) is 56.8 Å². The predicted octanol–water partition coefficient (Wildman–Crippen LogP) is 7.81. The highest BCUT2D eigenvalue weighted by Gasteiger charge is 2.31. The van der Waals surface area contributed by atoms with Gasteiger partial charge in [0.25, 0.3) is 0 Å². The van der Waals surface area contributed by atoms with E-state index in [0.717, 1.165) is 22.3 Å². The summed E-state index contributed by atoms with van der Waals surface area (Å²) in [6.45, 7) is 15.3. The fraction of sp³-hybridized carbons (Fsp3) is 0.167. The number of sulfone groups is 1. The van der Waals surface area contributed by atoms with Crippen molar-refractivity contribution in [3.05, 3.63) is 143 Å². The number of carbonyl (C=O) groups is 2. The van der Waals surface area contributed by atoms with Gasteiger partial charge in [0.05, 0.1) is 11.1 Å². The van der Waals surface area contributed by atoms with Gasteiger partial charge in [0.1, 0.15) is 9.79 Å². The van der Waals surface area contributed by atoms with Crippen LogP contribution >= 0.6 is 0 Å². The Balaban J connectivity index is 1.87. The Morgan fingerprint density at radius 2 is 0.953 bits per heavy atom. The summed E-state index contributed by atoms with van der Waals surface area (Å²) >= 11 is 0. The van der Waals surface area contributed by atoms with E-state index in [1.807, 2.05) is 13.8 Å². The molecule has 0 saturated carbocycles. The number of aryl methyl sites for hydroxylation is 2. The lowest BCUT2D eigenvalue weighted by Crippen LogP contribution is -2.16. The molecular weight excluding hydrogens is 560 g/mol. The molecule has 7 heteroatoms. The Kier molecular flexibility index (Phi) is 9.46. The fourth-order valence-corrected chi connectivity index (χ4v) is 6.09. The topological polar surface area (TPSA) is 86.7 Å². The van der Waals surface area contributed by atoms with Crippen LogP contribution in [0.15, 0.2) is 119 Å². The van der Waals surface area contributed by atoms with Crippen molar-refractivity contribution in [1.82, 2.24) is 0 Å². The van der Waals surface area contributed by atoms with Crippen molar-refractivity contribution >= 4 is 21.8 Å². The molecule has 4 aromatic rings. The lowest BCUT2D eigenvalue weighted by atomic mass is 10.1. The zero-order chi connectivity index (χ0) is 31.3. The summed E-state index contributed by atoms with van der Waals surface area (Å²) in [7, 11) is -4.40. The highest BCUT2D eigenvalue weighted by atomic mass is 32.2. The fourth-order valence-electron chi connectivity index (χ4n) is 4.51. The maximum Gasteiger partial charge on any atom is 0.343 e. The number of hydrogen-bond acceptors (Lipinski definition) is 6. The van der Waals surface area contributed by atoms with Crippen LogP contribution in [-0.2, 0) is 22.7 Å². The van der Waals surface area contributed by atoms with Gasteiger partial charge >= 0.3 is 11.9 Å². The van der Waals surface area contributed by atoms with Crippen molar-refractivity contribution in [2.75, 3.05) is 0 Å². The minimum absolute atomic E-state index is 0.0998. The monoisotopic (exact) mass is 594 g/mol. The summed E-state index contributed by atoms with van der Waals surface area (Å²) < 4.78 is 40.6. The number of carbonyl (C=O) groups excluding carboxylic acids is 2. The van der Waals surface area contributed by atoms with E-state index in [1.165, 1.54) is 12.1 Å². The minimum Gasteiger partial charge on any atom is -0.421 e. The third-order valence-electron chi connectivity index (χ3n) is 6.65. The maximum absolute atomic E-state index is 14.4. The molecule has 0 heterocycles. The normalized spacial score (nSPS) is 11.1. The van der Waals surface area contributed by atoms with Crippen LogP contribution in [0.3, 0.4) is 0 Å². The molecule has 6 nitrogen and oxygen atoms in total. The third-order valence-corrected chi connectivity index (χ3v) is 8.45. The van der Waals surface area contributed by atoms with E-state index in [9.17, 15) is 18.0 Å². The van der Waals surface area contributed by atoms with Crippen LogP contribution in [0.2, 0.25) is 0 Å². The predicted molar refractivity (Wildman–Crippen MR) is 168 cm³/mol. The van der Waals surface area contributed by atoms with E-state index >= 15 is 0 Å².